The molecule has 0 unspecified atom stereocenters. The number of benzene rings is 1. The molecule has 3 rings (SSSR count). The first kappa shape index (κ1) is 21.5. The standard InChI is InChI=1S/C21H29N3O4S/c1-2-20(25)23-14-10-17(11-15-23)21(26)22-16-18-8-4-5-9-19(18)29(27,28)24-12-6-3-7-13-24/h2,4-5,8-9,17H,1,3,6-7,10-16H2,(H,22,26). The molecule has 2 fully saturated rings. The van der Waals surface area contributed by atoms with Gasteiger partial charge in [-0.3, -0.25) is 9.59 Å². The molecule has 0 aliphatic carbocycles. The molecule has 0 bridgehead atoms. The molecule has 0 atom stereocenters. The average Bonchev–Trinajstić information content (AvgIpc) is 2.77. The van der Waals surface area contributed by atoms with Crippen LogP contribution in [0.25, 0.3) is 0 Å². The van der Waals surface area contributed by atoms with Crippen molar-refractivity contribution in [1.29, 1.82) is 0 Å². The van der Waals surface area contributed by atoms with Crippen molar-refractivity contribution in [2.75, 3.05) is 26.2 Å². The van der Waals surface area contributed by atoms with Gasteiger partial charge in [0.2, 0.25) is 21.8 Å². The van der Waals surface area contributed by atoms with Crippen LogP contribution >= 0.6 is 0 Å². The Kier molecular flexibility index (Phi) is 7.08. The highest BCUT2D eigenvalue weighted by atomic mass is 32.2. The Labute approximate surface area is 172 Å². The lowest BCUT2D eigenvalue weighted by Gasteiger charge is -2.30. The van der Waals surface area contributed by atoms with Gasteiger partial charge in [-0.15, -0.1) is 0 Å². The number of nitrogens with zero attached hydrogens (tertiary/aromatic N) is 2. The molecule has 7 nitrogen and oxygen atoms in total. The third-order valence-electron chi connectivity index (χ3n) is 5.71. The van der Waals surface area contributed by atoms with Gasteiger partial charge in [-0.1, -0.05) is 31.2 Å². The number of piperidine rings is 2. The Morgan fingerprint density at radius 1 is 1.07 bits per heavy atom. The molecule has 0 aromatic heterocycles. The number of hydrogen-bond acceptors (Lipinski definition) is 4. The number of likely N-dealkylation sites (tertiary alicyclic amines) is 1. The Balaban J connectivity index is 1.62. The van der Waals surface area contributed by atoms with Crippen molar-refractivity contribution in [3.05, 3.63) is 42.5 Å². The summed E-state index contributed by atoms with van der Waals surface area (Å²) in [5, 5.41) is 2.90. The second-order valence-corrected chi connectivity index (χ2v) is 9.50. The van der Waals surface area contributed by atoms with Crippen molar-refractivity contribution >= 4 is 21.8 Å². The van der Waals surface area contributed by atoms with Gasteiger partial charge in [-0.05, 0) is 43.4 Å². The molecule has 0 saturated carbocycles. The number of carbonyl (C=O) groups is 2. The molecule has 2 aliphatic heterocycles. The van der Waals surface area contributed by atoms with Gasteiger partial charge < -0.3 is 10.2 Å². The van der Waals surface area contributed by atoms with E-state index < -0.39 is 10.0 Å². The van der Waals surface area contributed by atoms with Gasteiger partial charge in [0.05, 0.1) is 4.90 Å². The van der Waals surface area contributed by atoms with E-state index in [0.717, 1.165) is 19.3 Å². The maximum atomic E-state index is 13.1. The Bertz CT molecular complexity index is 854. The fraction of sp³-hybridized carbons (Fsp3) is 0.524. The molecule has 0 radical (unpaired) electrons. The molecule has 2 saturated heterocycles. The van der Waals surface area contributed by atoms with Crippen LogP contribution < -0.4 is 5.32 Å². The summed E-state index contributed by atoms with van der Waals surface area (Å²) < 4.78 is 27.6. The lowest BCUT2D eigenvalue weighted by atomic mass is 9.95. The monoisotopic (exact) mass is 419 g/mol. The van der Waals surface area contributed by atoms with Crippen LogP contribution in [0.5, 0.6) is 0 Å². The Morgan fingerprint density at radius 3 is 2.38 bits per heavy atom. The van der Waals surface area contributed by atoms with Gasteiger partial charge in [0, 0.05) is 38.6 Å². The van der Waals surface area contributed by atoms with Crippen LogP contribution in [0.15, 0.2) is 41.8 Å². The largest absolute Gasteiger partial charge is 0.352 e. The van der Waals surface area contributed by atoms with Gasteiger partial charge in [0.1, 0.15) is 0 Å². The minimum Gasteiger partial charge on any atom is -0.352 e. The highest BCUT2D eigenvalue weighted by Gasteiger charge is 2.29. The van der Waals surface area contributed by atoms with Gasteiger partial charge >= 0.3 is 0 Å². The summed E-state index contributed by atoms with van der Waals surface area (Å²) in [6.45, 7) is 5.82. The zero-order valence-electron chi connectivity index (χ0n) is 16.7. The molecule has 1 aromatic carbocycles. The number of rotatable bonds is 6. The summed E-state index contributed by atoms with van der Waals surface area (Å²) in [5.74, 6) is -0.378. The van der Waals surface area contributed by atoms with Crippen molar-refractivity contribution in [2.24, 2.45) is 5.92 Å². The molecular weight excluding hydrogens is 390 g/mol. The normalized spacial score (nSPS) is 19.0. The van der Waals surface area contributed by atoms with E-state index in [1.807, 2.05) is 0 Å². The molecule has 2 heterocycles. The first-order valence-electron chi connectivity index (χ1n) is 10.2. The highest BCUT2D eigenvalue weighted by molar-refractivity contribution is 7.89. The second kappa shape index (κ2) is 9.54. The summed E-state index contributed by atoms with van der Waals surface area (Å²) in [4.78, 5) is 26.2. The predicted molar refractivity (Wildman–Crippen MR) is 110 cm³/mol. The molecule has 0 spiro atoms. The predicted octanol–water partition coefficient (Wildman–Crippen LogP) is 1.90. The topological polar surface area (TPSA) is 86.8 Å². The van der Waals surface area contributed by atoms with E-state index in [1.165, 1.54) is 6.08 Å². The van der Waals surface area contributed by atoms with Gasteiger partial charge in [0.15, 0.2) is 0 Å². The number of amides is 2. The van der Waals surface area contributed by atoms with Crippen LogP contribution in [0.1, 0.15) is 37.7 Å². The first-order valence-corrected chi connectivity index (χ1v) is 11.6. The Hall–Kier alpha value is -2.19. The zero-order chi connectivity index (χ0) is 20.9. The smallest absolute Gasteiger partial charge is 0.245 e. The van der Waals surface area contributed by atoms with Crippen LogP contribution in [0.4, 0.5) is 0 Å². The average molecular weight is 420 g/mol. The van der Waals surface area contributed by atoms with Crippen LogP contribution in [-0.2, 0) is 26.2 Å². The van der Waals surface area contributed by atoms with E-state index in [9.17, 15) is 18.0 Å². The highest BCUT2D eigenvalue weighted by Crippen LogP contribution is 2.24. The van der Waals surface area contributed by atoms with Crippen LogP contribution in [0.2, 0.25) is 0 Å². The lowest BCUT2D eigenvalue weighted by Crippen LogP contribution is -2.42. The van der Waals surface area contributed by atoms with E-state index in [2.05, 4.69) is 11.9 Å². The number of sulfonamides is 1. The zero-order valence-corrected chi connectivity index (χ0v) is 17.5. The van der Waals surface area contributed by atoms with Crippen LogP contribution in [0.3, 0.4) is 0 Å². The third-order valence-corrected chi connectivity index (χ3v) is 7.71. The maximum absolute atomic E-state index is 13.1. The van der Waals surface area contributed by atoms with Crippen molar-refractivity contribution in [3.63, 3.8) is 0 Å². The van der Waals surface area contributed by atoms with E-state index >= 15 is 0 Å². The minimum absolute atomic E-state index is 0.0964. The van der Waals surface area contributed by atoms with Gasteiger partial charge in [-0.25, -0.2) is 8.42 Å². The summed E-state index contributed by atoms with van der Waals surface area (Å²) >= 11 is 0. The molecule has 29 heavy (non-hydrogen) atoms. The van der Waals surface area contributed by atoms with E-state index in [1.54, 1.807) is 33.5 Å². The third kappa shape index (κ3) is 5.05. The number of carbonyl (C=O) groups excluding carboxylic acids is 2. The minimum atomic E-state index is -3.56. The van der Waals surface area contributed by atoms with E-state index in [-0.39, 0.29) is 29.2 Å². The number of hydrogen-bond donors (Lipinski definition) is 1. The quantitative estimate of drug-likeness (QED) is 0.714. The Morgan fingerprint density at radius 2 is 1.72 bits per heavy atom. The van der Waals surface area contributed by atoms with E-state index in [0.29, 0.717) is 44.6 Å². The molecule has 2 amide bonds. The molecule has 1 N–H and O–H groups in total. The lowest BCUT2D eigenvalue weighted by molar-refractivity contribution is -0.132. The van der Waals surface area contributed by atoms with Crippen molar-refractivity contribution in [3.8, 4) is 0 Å². The SMILES string of the molecule is C=CC(=O)N1CCC(C(=O)NCc2ccccc2S(=O)(=O)N2CCCCC2)CC1. The molecular formula is C21H29N3O4S. The second-order valence-electron chi connectivity index (χ2n) is 7.59. The van der Waals surface area contributed by atoms with Gasteiger partial charge in [-0.2, -0.15) is 4.31 Å². The summed E-state index contributed by atoms with van der Waals surface area (Å²) in [6.07, 6.45) is 5.30. The fourth-order valence-electron chi connectivity index (χ4n) is 3.96. The molecule has 8 heteroatoms. The van der Waals surface area contributed by atoms with Crippen molar-refractivity contribution < 1.29 is 18.0 Å². The fourth-order valence-corrected chi connectivity index (χ4v) is 5.70. The molecule has 2 aliphatic rings. The first-order chi connectivity index (χ1) is 13.9. The van der Waals surface area contributed by atoms with Crippen molar-refractivity contribution in [2.45, 2.75) is 43.5 Å². The summed E-state index contributed by atoms with van der Waals surface area (Å²) in [5.41, 5.74) is 0.602. The number of nitrogens with one attached hydrogen (secondary N) is 1. The van der Waals surface area contributed by atoms with Crippen molar-refractivity contribution in [1.82, 2.24) is 14.5 Å². The summed E-state index contributed by atoms with van der Waals surface area (Å²) in [6, 6.07) is 6.87. The summed E-state index contributed by atoms with van der Waals surface area (Å²) in [7, 11) is -3.56. The van der Waals surface area contributed by atoms with Crippen LogP contribution in [0, 0.1) is 5.92 Å². The molecule has 1 aromatic rings. The maximum Gasteiger partial charge on any atom is 0.245 e. The van der Waals surface area contributed by atoms with Gasteiger partial charge in [0.25, 0.3) is 0 Å². The van der Waals surface area contributed by atoms with E-state index in [4.69, 9.17) is 0 Å². The van der Waals surface area contributed by atoms with Crippen LogP contribution in [-0.4, -0.2) is 55.6 Å². The molecule has 158 valence electrons.